The summed E-state index contributed by atoms with van der Waals surface area (Å²) < 4.78 is 31.8. The van der Waals surface area contributed by atoms with Crippen LogP contribution >= 0.6 is 0 Å². The Labute approximate surface area is 103 Å². The number of ether oxygens (including phenoxy) is 1. The van der Waals surface area contributed by atoms with Crippen LogP contribution in [0.25, 0.3) is 0 Å². The fourth-order valence-electron chi connectivity index (χ4n) is 1.52. The van der Waals surface area contributed by atoms with Crippen molar-refractivity contribution in [2.45, 2.75) is 13.0 Å². The van der Waals surface area contributed by atoms with Gasteiger partial charge in [0.2, 0.25) is 0 Å². The van der Waals surface area contributed by atoms with Gasteiger partial charge in [-0.05, 0) is 36.8 Å². The van der Waals surface area contributed by atoms with Crippen molar-refractivity contribution in [2.24, 2.45) is 0 Å². The summed E-state index contributed by atoms with van der Waals surface area (Å²) in [6.45, 7) is 1.54. The molecule has 0 bridgehead atoms. The molecule has 1 unspecified atom stereocenters. The standard InChI is InChI=1S/C14H12F2O2/c1-9(17)10-5-6-14(13(16)7-10)18-12-4-2-3-11(15)8-12/h2-9,17H,1H3. The quantitative estimate of drug-likeness (QED) is 0.897. The number of rotatable bonds is 3. The number of aliphatic hydroxyl groups is 1. The summed E-state index contributed by atoms with van der Waals surface area (Å²) in [7, 11) is 0. The maximum absolute atomic E-state index is 13.7. The molecular formula is C14H12F2O2. The molecule has 0 fully saturated rings. The van der Waals surface area contributed by atoms with E-state index in [-0.39, 0.29) is 11.5 Å². The van der Waals surface area contributed by atoms with Crippen LogP contribution in [-0.2, 0) is 0 Å². The maximum Gasteiger partial charge on any atom is 0.166 e. The Morgan fingerprint density at radius 2 is 1.89 bits per heavy atom. The molecule has 0 radical (unpaired) electrons. The molecule has 2 aromatic rings. The van der Waals surface area contributed by atoms with E-state index in [1.165, 1.54) is 36.4 Å². The van der Waals surface area contributed by atoms with Gasteiger partial charge in [-0.25, -0.2) is 8.78 Å². The lowest BCUT2D eigenvalue weighted by Crippen LogP contribution is -1.94. The van der Waals surface area contributed by atoms with E-state index in [4.69, 9.17) is 4.74 Å². The Bertz CT molecular complexity index is 553. The van der Waals surface area contributed by atoms with Crippen molar-refractivity contribution in [3.8, 4) is 11.5 Å². The van der Waals surface area contributed by atoms with Gasteiger partial charge in [-0.3, -0.25) is 0 Å². The molecule has 1 N–H and O–H groups in total. The van der Waals surface area contributed by atoms with Crippen molar-refractivity contribution in [3.63, 3.8) is 0 Å². The summed E-state index contributed by atoms with van der Waals surface area (Å²) in [4.78, 5) is 0. The molecule has 0 aliphatic carbocycles. The lowest BCUT2D eigenvalue weighted by molar-refractivity contribution is 0.198. The van der Waals surface area contributed by atoms with Crippen LogP contribution in [0.5, 0.6) is 11.5 Å². The fraction of sp³-hybridized carbons (Fsp3) is 0.143. The zero-order valence-corrected chi connectivity index (χ0v) is 9.73. The van der Waals surface area contributed by atoms with Crippen LogP contribution in [0.2, 0.25) is 0 Å². The average molecular weight is 250 g/mol. The number of halogens is 2. The lowest BCUT2D eigenvalue weighted by Gasteiger charge is -2.09. The molecule has 1 atom stereocenters. The summed E-state index contributed by atoms with van der Waals surface area (Å²) in [6, 6.07) is 9.61. The van der Waals surface area contributed by atoms with Crippen molar-refractivity contribution < 1.29 is 18.6 Å². The monoisotopic (exact) mass is 250 g/mol. The first-order valence-electron chi connectivity index (χ1n) is 5.47. The highest BCUT2D eigenvalue weighted by atomic mass is 19.1. The molecule has 0 aliphatic heterocycles. The molecular weight excluding hydrogens is 238 g/mol. The van der Waals surface area contributed by atoms with E-state index in [0.717, 1.165) is 0 Å². The second kappa shape index (κ2) is 5.14. The van der Waals surface area contributed by atoms with Crippen LogP contribution < -0.4 is 4.74 Å². The number of aliphatic hydroxyl groups excluding tert-OH is 1. The first-order chi connectivity index (χ1) is 8.56. The smallest absolute Gasteiger partial charge is 0.166 e. The van der Waals surface area contributed by atoms with Gasteiger partial charge in [0.1, 0.15) is 11.6 Å². The van der Waals surface area contributed by atoms with Gasteiger partial charge in [-0.15, -0.1) is 0 Å². The van der Waals surface area contributed by atoms with Gasteiger partial charge in [0.25, 0.3) is 0 Å². The number of hydrogen-bond acceptors (Lipinski definition) is 2. The molecule has 0 aliphatic rings. The normalized spacial score (nSPS) is 12.2. The summed E-state index contributed by atoms with van der Waals surface area (Å²) in [6.07, 6.45) is -0.747. The van der Waals surface area contributed by atoms with Crippen molar-refractivity contribution in [3.05, 3.63) is 59.7 Å². The van der Waals surface area contributed by atoms with Crippen molar-refractivity contribution >= 4 is 0 Å². The molecule has 0 spiro atoms. The SMILES string of the molecule is CC(O)c1ccc(Oc2cccc(F)c2)c(F)c1. The highest BCUT2D eigenvalue weighted by Crippen LogP contribution is 2.27. The molecule has 0 saturated heterocycles. The summed E-state index contributed by atoms with van der Waals surface area (Å²) >= 11 is 0. The van der Waals surface area contributed by atoms with E-state index in [0.29, 0.717) is 5.56 Å². The Morgan fingerprint density at radius 3 is 2.50 bits per heavy atom. The number of benzene rings is 2. The lowest BCUT2D eigenvalue weighted by atomic mass is 10.1. The summed E-state index contributed by atoms with van der Waals surface area (Å²) in [5.41, 5.74) is 0.457. The number of hydrogen-bond donors (Lipinski definition) is 1. The highest BCUT2D eigenvalue weighted by molar-refractivity contribution is 5.35. The highest BCUT2D eigenvalue weighted by Gasteiger charge is 2.09. The Morgan fingerprint density at radius 1 is 1.11 bits per heavy atom. The van der Waals surface area contributed by atoms with Gasteiger partial charge in [-0.2, -0.15) is 0 Å². The minimum absolute atomic E-state index is 0.00926. The van der Waals surface area contributed by atoms with E-state index < -0.39 is 17.7 Å². The van der Waals surface area contributed by atoms with Crippen molar-refractivity contribution in [1.29, 1.82) is 0 Å². The predicted octanol–water partition coefficient (Wildman–Crippen LogP) is 3.81. The first-order valence-corrected chi connectivity index (χ1v) is 5.47. The third-order valence-corrected chi connectivity index (χ3v) is 2.46. The second-order valence-electron chi connectivity index (χ2n) is 3.93. The second-order valence-corrected chi connectivity index (χ2v) is 3.93. The van der Waals surface area contributed by atoms with E-state index in [2.05, 4.69) is 0 Å². The average Bonchev–Trinajstić information content (AvgIpc) is 2.31. The Kier molecular flexibility index (Phi) is 3.58. The third-order valence-electron chi connectivity index (χ3n) is 2.46. The molecule has 0 heterocycles. The largest absolute Gasteiger partial charge is 0.454 e. The van der Waals surface area contributed by atoms with Crippen LogP contribution in [-0.4, -0.2) is 5.11 Å². The summed E-state index contributed by atoms with van der Waals surface area (Å²) in [5.74, 6) is -0.838. The molecule has 0 saturated carbocycles. The molecule has 18 heavy (non-hydrogen) atoms. The first kappa shape index (κ1) is 12.5. The van der Waals surface area contributed by atoms with Crippen LogP contribution in [0.15, 0.2) is 42.5 Å². The van der Waals surface area contributed by atoms with Crippen molar-refractivity contribution in [2.75, 3.05) is 0 Å². The molecule has 2 aromatic carbocycles. The molecule has 94 valence electrons. The third kappa shape index (κ3) is 2.84. The van der Waals surface area contributed by atoms with E-state index in [9.17, 15) is 13.9 Å². The molecule has 2 rings (SSSR count). The van der Waals surface area contributed by atoms with E-state index >= 15 is 0 Å². The minimum atomic E-state index is -0.747. The van der Waals surface area contributed by atoms with Gasteiger partial charge in [0.15, 0.2) is 11.6 Å². The Hall–Kier alpha value is -1.94. The van der Waals surface area contributed by atoms with Gasteiger partial charge in [-0.1, -0.05) is 12.1 Å². The fourth-order valence-corrected chi connectivity index (χ4v) is 1.52. The summed E-state index contributed by atoms with van der Waals surface area (Å²) in [5, 5.41) is 9.31. The molecule has 0 aromatic heterocycles. The topological polar surface area (TPSA) is 29.5 Å². The van der Waals surface area contributed by atoms with Gasteiger partial charge < -0.3 is 9.84 Å². The molecule has 4 heteroatoms. The Balaban J connectivity index is 2.24. The zero-order valence-electron chi connectivity index (χ0n) is 9.73. The van der Waals surface area contributed by atoms with E-state index in [1.54, 1.807) is 13.0 Å². The zero-order chi connectivity index (χ0) is 13.1. The van der Waals surface area contributed by atoms with Gasteiger partial charge in [0, 0.05) is 6.07 Å². The van der Waals surface area contributed by atoms with Crippen LogP contribution in [0, 0.1) is 11.6 Å². The van der Waals surface area contributed by atoms with Gasteiger partial charge in [0.05, 0.1) is 6.10 Å². The van der Waals surface area contributed by atoms with Crippen molar-refractivity contribution in [1.82, 2.24) is 0 Å². The molecule has 2 nitrogen and oxygen atoms in total. The predicted molar refractivity (Wildman–Crippen MR) is 63.5 cm³/mol. The van der Waals surface area contributed by atoms with Crippen LogP contribution in [0.1, 0.15) is 18.6 Å². The van der Waals surface area contributed by atoms with Crippen LogP contribution in [0.3, 0.4) is 0 Å². The molecule has 0 amide bonds. The van der Waals surface area contributed by atoms with E-state index in [1.807, 2.05) is 0 Å². The van der Waals surface area contributed by atoms with Gasteiger partial charge >= 0.3 is 0 Å². The van der Waals surface area contributed by atoms with Crippen LogP contribution in [0.4, 0.5) is 8.78 Å². The maximum atomic E-state index is 13.7. The minimum Gasteiger partial charge on any atom is -0.454 e.